The second-order valence-corrected chi connectivity index (χ2v) is 3.96. The number of halogens is 1. The van der Waals surface area contributed by atoms with Crippen LogP contribution in [0, 0.1) is 6.92 Å². The van der Waals surface area contributed by atoms with E-state index in [0.29, 0.717) is 0 Å². The summed E-state index contributed by atoms with van der Waals surface area (Å²) < 4.78 is 6.17. The van der Waals surface area contributed by atoms with Gasteiger partial charge >= 0.3 is 0 Å². The molecule has 2 rings (SSSR count). The van der Waals surface area contributed by atoms with Crippen molar-refractivity contribution in [2.45, 2.75) is 6.92 Å². The first-order valence-corrected chi connectivity index (χ1v) is 5.10. The van der Waals surface area contributed by atoms with Crippen LogP contribution in [0.4, 0.5) is 0 Å². The molecule has 0 N–H and O–H groups in total. The van der Waals surface area contributed by atoms with Gasteiger partial charge < -0.3 is 4.74 Å². The number of benzene rings is 1. The van der Waals surface area contributed by atoms with Gasteiger partial charge in [0.05, 0.1) is 7.11 Å². The molecule has 1 heterocycles. The molecule has 1 aromatic carbocycles. The van der Waals surface area contributed by atoms with E-state index in [9.17, 15) is 0 Å². The van der Waals surface area contributed by atoms with E-state index in [1.165, 1.54) is 0 Å². The number of hydrogen-bond acceptors (Lipinski definition) is 2. The van der Waals surface area contributed by atoms with E-state index in [1.54, 1.807) is 7.11 Å². The van der Waals surface area contributed by atoms with Crippen molar-refractivity contribution in [2.24, 2.45) is 0 Å². The number of pyridine rings is 1. The van der Waals surface area contributed by atoms with Crippen molar-refractivity contribution in [3.05, 3.63) is 34.6 Å². The van der Waals surface area contributed by atoms with Crippen LogP contribution in [0.3, 0.4) is 0 Å². The number of hydrogen-bond donors (Lipinski definition) is 0. The Balaban J connectivity index is 2.80. The van der Waals surface area contributed by atoms with Crippen LogP contribution >= 0.6 is 15.9 Å². The van der Waals surface area contributed by atoms with Crippen molar-refractivity contribution in [3.8, 4) is 5.75 Å². The molecule has 72 valence electrons. The molecule has 0 amide bonds. The Morgan fingerprint density at radius 1 is 1.29 bits per heavy atom. The molecule has 0 unspecified atom stereocenters. The van der Waals surface area contributed by atoms with Gasteiger partial charge in [-0.05, 0) is 41.1 Å². The maximum absolute atomic E-state index is 5.18. The third-order valence-electron chi connectivity index (χ3n) is 2.25. The zero-order valence-corrected chi connectivity index (χ0v) is 9.63. The molecule has 2 nitrogen and oxygen atoms in total. The highest BCUT2D eigenvalue weighted by molar-refractivity contribution is 9.10. The summed E-state index contributed by atoms with van der Waals surface area (Å²) in [6, 6.07) is 5.98. The molecular weight excluding hydrogens is 242 g/mol. The Morgan fingerprint density at radius 3 is 2.79 bits per heavy atom. The number of nitrogens with zero attached hydrogens (tertiary/aromatic N) is 1. The van der Waals surface area contributed by atoms with E-state index in [2.05, 4.69) is 20.9 Å². The normalized spacial score (nSPS) is 10.5. The zero-order valence-electron chi connectivity index (χ0n) is 8.04. The highest BCUT2D eigenvalue weighted by Crippen LogP contribution is 2.28. The number of ether oxygens (including phenoxy) is 1. The lowest BCUT2D eigenvalue weighted by Crippen LogP contribution is -1.87. The van der Waals surface area contributed by atoms with E-state index in [1.807, 2.05) is 31.3 Å². The number of rotatable bonds is 1. The first-order valence-electron chi connectivity index (χ1n) is 4.31. The fourth-order valence-corrected chi connectivity index (χ4v) is 1.89. The van der Waals surface area contributed by atoms with Crippen LogP contribution in [0.5, 0.6) is 5.75 Å². The van der Waals surface area contributed by atoms with Crippen molar-refractivity contribution in [2.75, 3.05) is 7.11 Å². The molecule has 0 aliphatic rings. The number of aryl methyl sites for hydroxylation is 1. The standard InChI is InChI=1S/C11H10BrNO/c1-7-9-4-3-8(14-2)5-10(9)11(12)6-13-7/h3-6H,1-2H3. The van der Waals surface area contributed by atoms with Gasteiger partial charge in [-0.1, -0.05) is 0 Å². The molecule has 0 aliphatic carbocycles. The van der Waals surface area contributed by atoms with Crippen molar-refractivity contribution >= 4 is 26.7 Å². The highest BCUT2D eigenvalue weighted by Gasteiger charge is 2.03. The van der Waals surface area contributed by atoms with Gasteiger partial charge in [-0.3, -0.25) is 4.98 Å². The van der Waals surface area contributed by atoms with Gasteiger partial charge in [-0.15, -0.1) is 0 Å². The average Bonchev–Trinajstić information content (AvgIpc) is 2.23. The summed E-state index contributed by atoms with van der Waals surface area (Å²) >= 11 is 3.48. The van der Waals surface area contributed by atoms with Gasteiger partial charge in [0.2, 0.25) is 0 Å². The molecule has 0 atom stereocenters. The van der Waals surface area contributed by atoms with Gasteiger partial charge in [0.25, 0.3) is 0 Å². The number of fused-ring (bicyclic) bond motifs is 1. The molecule has 14 heavy (non-hydrogen) atoms. The molecule has 0 aliphatic heterocycles. The fourth-order valence-electron chi connectivity index (χ4n) is 1.46. The summed E-state index contributed by atoms with van der Waals surface area (Å²) in [5, 5.41) is 2.29. The smallest absolute Gasteiger partial charge is 0.119 e. The third kappa shape index (κ3) is 1.48. The zero-order chi connectivity index (χ0) is 10.1. The van der Waals surface area contributed by atoms with Gasteiger partial charge in [-0.2, -0.15) is 0 Å². The molecule has 1 aromatic heterocycles. The Labute approximate surface area is 91.0 Å². The molecule has 0 saturated heterocycles. The minimum atomic E-state index is 0.865. The van der Waals surface area contributed by atoms with Crippen LogP contribution in [-0.2, 0) is 0 Å². The SMILES string of the molecule is COc1ccc2c(C)ncc(Br)c2c1. The first kappa shape index (κ1) is 9.46. The van der Waals surface area contributed by atoms with E-state index in [-0.39, 0.29) is 0 Å². The van der Waals surface area contributed by atoms with Crippen LogP contribution in [0.15, 0.2) is 28.9 Å². The topological polar surface area (TPSA) is 22.1 Å². The van der Waals surface area contributed by atoms with Crippen LogP contribution in [0.2, 0.25) is 0 Å². The summed E-state index contributed by atoms with van der Waals surface area (Å²) in [6.45, 7) is 2.00. The molecule has 2 aromatic rings. The van der Waals surface area contributed by atoms with Crippen molar-refractivity contribution in [1.82, 2.24) is 4.98 Å². The minimum Gasteiger partial charge on any atom is -0.497 e. The second-order valence-electron chi connectivity index (χ2n) is 3.10. The second kappa shape index (κ2) is 3.58. The monoisotopic (exact) mass is 251 g/mol. The van der Waals surface area contributed by atoms with Gasteiger partial charge in [0, 0.05) is 27.1 Å². The van der Waals surface area contributed by atoms with Gasteiger partial charge in [0.1, 0.15) is 5.75 Å². The predicted molar refractivity (Wildman–Crippen MR) is 60.7 cm³/mol. The summed E-state index contributed by atoms with van der Waals surface area (Å²) in [5.41, 5.74) is 1.03. The lowest BCUT2D eigenvalue weighted by molar-refractivity contribution is 0.415. The Bertz CT molecular complexity index is 482. The minimum absolute atomic E-state index is 0.865. The maximum Gasteiger partial charge on any atom is 0.119 e. The lowest BCUT2D eigenvalue weighted by Gasteiger charge is -2.05. The Morgan fingerprint density at radius 2 is 2.07 bits per heavy atom. The van der Waals surface area contributed by atoms with E-state index in [0.717, 1.165) is 26.7 Å². The molecular formula is C11H10BrNO. The van der Waals surface area contributed by atoms with Crippen LogP contribution in [0.1, 0.15) is 5.69 Å². The molecule has 0 radical (unpaired) electrons. The Kier molecular flexibility index (Phi) is 2.42. The quantitative estimate of drug-likeness (QED) is 0.776. The van der Waals surface area contributed by atoms with Crippen LogP contribution in [-0.4, -0.2) is 12.1 Å². The summed E-state index contributed by atoms with van der Waals surface area (Å²) in [7, 11) is 1.67. The van der Waals surface area contributed by atoms with E-state index >= 15 is 0 Å². The molecule has 0 bridgehead atoms. The maximum atomic E-state index is 5.18. The Hall–Kier alpha value is -1.09. The molecule has 0 saturated carbocycles. The number of aromatic nitrogens is 1. The first-order chi connectivity index (χ1) is 6.72. The fraction of sp³-hybridized carbons (Fsp3) is 0.182. The van der Waals surface area contributed by atoms with Crippen LogP contribution < -0.4 is 4.74 Å². The average molecular weight is 252 g/mol. The summed E-state index contributed by atoms with van der Waals surface area (Å²) in [4.78, 5) is 4.27. The highest BCUT2D eigenvalue weighted by atomic mass is 79.9. The largest absolute Gasteiger partial charge is 0.497 e. The van der Waals surface area contributed by atoms with Crippen LogP contribution in [0.25, 0.3) is 10.8 Å². The van der Waals surface area contributed by atoms with Gasteiger partial charge in [-0.25, -0.2) is 0 Å². The summed E-state index contributed by atoms with van der Waals surface area (Å²) in [5.74, 6) is 0.865. The van der Waals surface area contributed by atoms with Crippen molar-refractivity contribution in [3.63, 3.8) is 0 Å². The molecule has 3 heteroatoms. The third-order valence-corrected chi connectivity index (χ3v) is 2.88. The van der Waals surface area contributed by atoms with E-state index in [4.69, 9.17) is 4.74 Å². The lowest BCUT2D eigenvalue weighted by atomic mass is 10.1. The summed E-state index contributed by atoms with van der Waals surface area (Å²) in [6.07, 6.45) is 1.82. The van der Waals surface area contributed by atoms with Crippen molar-refractivity contribution < 1.29 is 4.74 Å². The van der Waals surface area contributed by atoms with Gasteiger partial charge in [0.15, 0.2) is 0 Å². The number of methoxy groups -OCH3 is 1. The molecule has 0 spiro atoms. The van der Waals surface area contributed by atoms with E-state index < -0.39 is 0 Å². The predicted octanol–water partition coefficient (Wildman–Crippen LogP) is 3.31. The molecule has 0 fully saturated rings. The van der Waals surface area contributed by atoms with Crippen molar-refractivity contribution in [1.29, 1.82) is 0 Å².